The highest BCUT2D eigenvalue weighted by Crippen LogP contribution is 2.17. The quantitative estimate of drug-likeness (QED) is 0.205. The molecule has 0 saturated carbocycles. The Morgan fingerprint density at radius 2 is 2.20 bits per heavy atom. The molecule has 0 radical (unpaired) electrons. The second-order valence-corrected chi connectivity index (χ2v) is 4.67. The van der Waals surface area contributed by atoms with Crippen molar-refractivity contribution in [1.29, 1.82) is 0 Å². The number of carbonyl (C=O) groups is 3. The smallest absolute Gasteiger partial charge is 0.249 e. The lowest BCUT2D eigenvalue weighted by Gasteiger charge is -2.35. The summed E-state index contributed by atoms with van der Waals surface area (Å²) in [5.41, 5.74) is 5.53. The van der Waals surface area contributed by atoms with Crippen molar-refractivity contribution in [3.8, 4) is 0 Å². The molecule has 0 aromatic rings. The number of nitrogens with zero attached hydrogens (tertiary/aromatic N) is 2. The van der Waals surface area contributed by atoms with Gasteiger partial charge in [-0.1, -0.05) is 25.4 Å². The van der Waals surface area contributed by atoms with E-state index in [1.165, 1.54) is 4.90 Å². The first-order valence-corrected chi connectivity index (χ1v) is 6.57. The molecule has 1 aliphatic heterocycles. The number of hydrogen-bond donors (Lipinski definition) is 3. The first-order valence-electron chi connectivity index (χ1n) is 6.57. The average Bonchev–Trinajstić information content (AvgIpc) is 2.42. The third-order valence-corrected chi connectivity index (χ3v) is 3.27. The molecular weight excluding hydrogens is 264 g/mol. The van der Waals surface area contributed by atoms with Gasteiger partial charge < -0.3 is 15.8 Å². The largest absolute Gasteiger partial charge is 0.409 e. The minimum absolute atomic E-state index is 0.192. The first kappa shape index (κ1) is 15.9. The maximum absolute atomic E-state index is 12.5. The minimum atomic E-state index is -0.822. The fraction of sp³-hybridized carbons (Fsp3) is 0.667. The Balaban J connectivity index is 3.01. The summed E-state index contributed by atoms with van der Waals surface area (Å²) in [6.07, 6.45) is 1.43. The number of oxime groups is 1. The van der Waals surface area contributed by atoms with Crippen LogP contribution in [0.5, 0.6) is 0 Å². The van der Waals surface area contributed by atoms with Gasteiger partial charge in [0.25, 0.3) is 0 Å². The molecule has 1 heterocycles. The van der Waals surface area contributed by atoms with Crippen LogP contribution in [0.15, 0.2) is 5.16 Å². The van der Waals surface area contributed by atoms with Gasteiger partial charge in [0.2, 0.25) is 17.7 Å². The lowest BCUT2D eigenvalue weighted by Crippen LogP contribution is -2.61. The molecular formula is C12H20N4O4. The van der Waals surface area contributed by atoms with Crippen molar-refractivity contribution >= 4 is 23.6 Å². The highest BCUT2D eigenvalue weighted by atomic mass is 16.4. The zero-order valence-electron chi connectivity index (χ0n) is 11.6. The Morgan fingerprint density at radius 3 is 2.70 bits per heavy atom. The molecule has 2 atom stereocenters. The number of imide groups is 1. The van der Waals surface area contributed by atoms with Crippen LogP contribution in [0.3, 0.4) is 0 Å². The van der Waals surface area contributed by atoms with Crippen LogP contribution in [0.1, 0.15) is 33.1 Å². The Morgan fingerprint density at radius 1 is 1.55 bits per heavy atom. The number of carbonyl (C=O) groups excluding carboxylic acids is 3. The maximum atomic E-state index is 12.5. The van der Waals surface area contributed by atoms with E-state index in [2.05, 4.69) is 10.5 Å². The maximum Gasteiger partial charge on any atom is 0.249 e. The van der Waals surface area contributed by atoms with Gasteiger partial charge >= 0.3 is 0 Å². The van der Waals surface area contributed by atoms with E-state index < -0.39 is 29.7 Å². The molecule has 0 aromatic carbocycles. The van der Waals surface area contributed by atoms with Crippen molar-refractivity contribution in [2.24, 2.45) is 16.8 Å². The van der Waals surface area contributed by atoms with Crippen molar-refractivity contribution in [3.63, 3.8) is 0 Å². The van der Waals surface area contributed by atoms with E-state index in [0.717, 1.165) is 0 Å². The Labute approximate surface area is 117 Å². The first-order chi connectivity index (χ1) is 9.46. The molecule has 0 aliphatic carbocycles. The molecule has 0 aromatic heterocycles. The van der Waals surface area contributed by atoms with Gasteiger partial charge in [-0.25, -0.2) is 0 Å². The average molecular weight is 284 g/mol. The van der Waals surface area contributed by atoms with E-state index in [1.807, 2.05) is 6.92 Å². The standard InChI is InChI=1S/C12H20N4O4/c1-3-5-7(10(13)15-20)12(19)16-6-9(17)14-11(18)8(16)4-2/h7-8,20H,3-6H2,1-2H3,(H2,13,15)(H,14,17,18). The summed E-state index contributed by atoms with van der Waals surface area (Å²) in [6.45, 7) is 3.41. The lowest BCUT2D eigenvalue weighted by atomic mass is 9.98. The van der Waals surface area contributed by atoms with E-state index in [4.69, 9.17) is 10.9 Å². The third kappa shape index (κ3) is 3.25. The van der Waals surface area contributed by atoms with Gasteiger partial charge in [0.05, 0.1) is 5.92 Å². The van der Waals surface area contributed by atoms with E-state index in [0.29, 0.717) is 19.3 Å². The number of hydrogen-bond acceptors (Lipinski definition) is 5. The predicted molar refractivity (Wildman–Crippen MR) is 70.7 cm³/mol. The van der Waals surface area contributed by atoms with Crippen LogP contribution in [-0.2, 0) is 14.4 Å². The minimum Gasteiger partial charge on any atom is -0.409 e. The second kappa shape index (κ2) is 6.88. The van der Waals surface area contributed by atoms with Gasteiger partial charge in [-0.3, -0.25) is 19.7 Å². The molecule has 3 amide bonds. The third-order valence-electron chi connectivity index (χ3n) is 3.27. The summed E-state index contributed by atoms with van der Waals surface area (Å²) in [6, 6.07) is -0.703. The molecule has 1 saturated heterocycles. The van der Waals surface area contributed by atoms with Crippen LogP contribution in [0, 0.1) is 5.92 Å². The molecule has 4 N–H and O–H groups in total. The molecule has 1 fully saturated rings. The second-order valence-electron chi connectivity index (χ2n) is 4.67. The highest BCUT2D eigenvalue weighted by Gasteiger charge is 2.39. The van der Waals surface area contributed by atoms with E-state index in [9.17, 15) is 14.4 Å². The number of piperazine rings is 1. The predicted octanol–water partition coefficient (Wildman–Crippen LogP) is -0.587. The van der Waals surface area contributed by atoms with Crippen LogP contribution in [-0.4, -0.2) is 46.3 Å². The van der Waals surface area contributed by atoms with Gasteiger partial charge in [0, 0.05) is 0 Å². The molecule has 2 unspecified atom stereocenters. The van der Waals surface area contributed by atoms with Crippen molar-refractivity contribution in [1.82, 2.24) is 10.2 Å². The fourth-order valence-corrected chi connectivity index (χ4v) is 2.26. The summed E-state index contributed by atoms with van der Waals surface area (Å²) < 4.78 is 0. The molecule has 0 spiro atoms. The van der Waals surface area contributed by atoms with Crippen LogP contribution >= 0.6 is 0 Å². The lowest BCUT2D eigenvalue weighted by molar-refractivity contribution is -0.151. The van der Waals surface area contributed by atoms with Crippen molar-refractivity contribution in [2.45, 2.75) is 39.2 Å². The summed E-state index contributed by atoms with van der Waals surface area (Å²) in [4.78, 5) is 36.8. The molecule has 0 bridgehead atoms. The highest BCUT2D eigenvalue weighted by molar-refractivity contribution is 6.08. The Kier molecular flexibility index (Phi) is 5.48. The van der Waals surface area contributed by atoms with Gasteiger partial charge in [0.1, 0.15) is 12.6 Å². The summed E-state index contributed by atoms with van der Waals surface area (Å²) in [5.74, 6) is -2.50. The Hall–Kier alpha value is -2.12. The molecule has 8 nitrogen and oxygen atoms in total. The summed E-state index contributed by atoms with van der Waals surface area (Å²) >= 11 is 0. The molecule has 20 heavy (non-hydrogen) atoms. The summed E-state index contributed by atoms with van der Waals surface area (Å²) in [5, 5.41) is 13.8. The van der Waals surface area contributed by atoms with E-state index in [1.54, 1.807) is 6.92 Å². The fourth-order valence-electron chi connectivity index (χ4n) is 2.26. The SMILES string of the molecule is CCCC(C(=O)N1CC(=O)NC(=O)C1CC)C(N)=NO. The zero-order chi connectivity index (χ0) is 15.3. The van der Waals surface area contributed by atoms with Crippen LogP contribution in [0.4, 0.5) is 0 Å². The molecule has 112 valence electrons. The number of amidine groups is 1. The topological polar surface area (TPSA) is 125 Å². The number of rotatable bonds is 5. The van der Waals surface area contributed by atoms with Crippen molar-refractivity contribution in [3.05, 3.63) is 0 Å². The number of nitrogens with one attached hydrogen (secondary N) is 1. The Bertz CT molecular complexity index is 435. The van der Waals surface area contributed by atoms with Gasteiger partial charge in [-0.15, -0.1) is 0 Å². The molecule has 8 heteroatoms. The number of amides is 3. The van der Waals surface area contributed by atoms with Crippen LogP contribution < -0.4 is 11.1 Å². The molecule has 1 rings (SSSR count). The van der Waals surface area contributed by atoms with E-state index in [-0.39, 0.29) is 12.4 Å². The van der Waals surface area contributed by atoms with Gasteiger partial charge in [-0.05, 0) is 12.8 Å². The normalized spacial score (nSPS) is 21.6. The zero-order valence-corrected chi connectivity index (χ0v) is 11.6. The van der Waals surface area contributed by atoms with Gasteiger partial charge in [0.15, 0.2) is 5.84 Å². The van der Waals surface area contributed by atoms with E-state index >= 15 is 0 Å². The van der Waals surface area contributed by atoms with Gasteiger partial charge in [-0.2, -0.15) is 0 Å². The summed E-state index contributed by atoms with van der Waals surface area (Å²) in [7, 11) is 0. The monoisotopic (exact) mass is 284 g/mol. The van der Waals surface area contributed by atoms with Crippen LogP contribution in [0.2, 0.25) is 0 Å². The molecule has 1 aliphatic rings. The van der Waals surface area contributed by atoms with Crippen molar-refractivity contribution < 1.29 is 19.6 Å². The van der Waals surface area contributed by atoms with Crippen molar-refractivity contribution in [2.75, 3.05) is 6.54 Å². The number of nitrogens with two attached hydrogens (primary N) is 1. The van der Waals surface area contributed by atoms with Crippen LogP contribution in [0.25, 0.3) is 0 Å².